The van der Waals surface area contributed by atoms with Crippen LogP contribution in [0.5, 0.6) is 5.75 Å². The van der Waals surface area contributed by atoms with Crippen molar-refractivity contribution >= 4 is 5.70 Å². The molecule has 0 aliphatic heterocycles. The SMILES string of the molecule is CC/C(C)=C(/N)c1cccc([OH2+])c1. The maximum Gasteiger partial charge on any atom is 0.254 e. The Morgan fingerprint density at radius 2 is 2.15 bits per heavy atom. The van der Waals surface area contributed by atoms with Gasteiger partial charge in [0.05, 0.1) is 0 Å². The van der Waals surface area contributed by atoms with E-state index in [9.17, 15) is 0 Å². The van der Waals surface area contributed by atoms with Gasteiger partial charge < -0.3 is 10.8 Å². The van der Waals surface area contributed by atoms with Crippen LogP contribution in [-0.4, -0.2) is 5.11 Å². The monoisotopic (exact) mass is 178 g/mol. The van der Waals surface area contributed by atoms with Crippen LogP contribution in [0.4, 0.5) is 0 Å². The summed E-state index contributed by atoms with van der Waals surface area (Å²) < 4.78 is 0. The van der Waals surface area contributed by atoms with Gasteiger partial charge in [-0.05, 0) is 13.3 Å². The molecule has 0 spiro atoms. The van der Waals surface area contributed by atoms with Gasteiger partial charge in [-0.2, -0.15) is 0 Å². The normalized spacial score (nSPS) is 12.5. The quantitative estimate of drug-likeness (QED) is 0.693. The van der Waals surface area contributed by atoms with Gasteiger partial charge in [-0.25, -0.2) is 0 Å². The third-order valence-electron chi connectivity index (χ3n) is 2.16. The van der Waals surface area contributed by atoms with Crippen LogP contribution in [-0.2, 0) is 0 Å². The lowest BCUT2D eigenvalue weighted by Crippen LogP contribution is -1.99. The van der Waals surface area contributed by atoms with E-state index in [1.54, 1.807) is 12.1 Å². The molecular formula is C11H16NO+. The maximum atomic E-state index is 7.45. The van der Waals surface area contributed by atoms with Crippen molar-refractivity contribution in [2.45, 2.75) is 20.3 Å². The maximum absolute atomic E-state index is 7.45. The zero-order valence-corrected chi connectivity index (χ0v) is 8.09. The third-order valence-corrected chi connectivity index (χ3v) is 2.16. The molecule has 13 heavy (non-hydrogen) atoms. The van der Waals surface area contributed by atoms with Crippen molar-refractivity contribution in [2.75, 3.05) is 0 Å². The molecule has 0 fully saturated rings. The first-order chi connectivity index (χ1) is 6.15. The molecule has 4 N–H and O–H groups in total. The predicted molar refractivity (Wildman–Crippen MR) is 56.6 cm³/mol. The van der Waals surface area contributed by atoms with Crippen molar-refractivity contribution in [2.24, 2.45) is 5.73 Å². The summed E-state index contributed by atoms with van der Waals surface area (Å²) >= 11 is 0. The van der Waals surface area contributed by atoms with E-state index in [-0.39, 0.29) is 0 Å². The van der Waals surface area contributed by atoms with E-state index in [4.69, 9.17) is 10.8 Å². The summed E-state index contributed by atoms with van der Waals surface area (Å²) in [7, 11) is 0. The Morgan fingerprint density at radius 1 is 1.46 bits per heavy atom. The van der Waals surface area contributed by atoms with E-state index in [0.29, 0.717) is 5.75 Å². The highest BCUT2D eigenvalue weighted by Gasteiger charge is 2.02. The second-order valence-electron chi connectivity index (χ2n) is 3.13. The smallest absolute Gasteiger partial charge is 0.254 e. The molecule has 0 atom stereocenters. The summed E-state index contributed by atoms with van der Waals surface area (Å²) in [5.41, 5.74) is 8.84. The molecule has 0 aliphatic rings. The number of benzene rings is 1. The van der Waals surface area contributed by atoms with E-state index in [2.05, 4.69) is 6.92 Å². The fraction of sp³-hybridized carbons (Fsp3) is 0.273. The molecule has 1 aromatic rings. The molecule has 0 amide bonds. The molecule has 70 valence electrons. The summed E-state index contributed by atoms with van der Waals surface area (Å²) in [4.78, 5) is 0. The lowest BCUT2D eigenvalue weighted by Gasteiger charge is -2.05. The Bertz CT molecular complexity index is 329. The Morgan fingerprint density at radius 3 is 2.69 bits per heavy atom. The molecule has 0 radical (unpaired) electrons. The minimum Gasteiger partial charge on any atom is -0.593 e. The minimum absolute atomic E-state index is 0.504. The molecule has 0 bridgehead atoms. The number of nitrogens with two attached hydrogens (primary N) is 1. The van der Waals surface area contributed by atoms with Crippen molar-refractivity contribution in [1.82, 2.24) is 0 Å². The lowest BCUT2D eigenvalue weighted by molar-refractivity contribution is 0.475. The molecular weight excluding hydrogens is 162 g/mol. The van der Waals surface area contributed by atoms with Crippen LogP contribution in [0.25, 0.3) is 5.70 Å². The molecule has 1 aromatic carbocycles. The van der Waals surface area contributed by atoms with E-state index in [1.165, 1.54) is 5.57 Å². The zero-order chi connectivity index (χ0) is 9.84. The van der Waals surface area contributed by atoms with Crippen molar-refractivity contribution in [1.29, 1.82) is 0 Å². The Hall–Kier alpha value is -1.44. The van der Waals surface area contributed by atoms with Gasteiger partial charge in [-0.15, -0.1) is 0 Å². The fourth-order valence-electron chi connectivity index (χ4n) is 1.12. The Labute approximate surface area is 78.7 Å². The van der Waals surface area contributed by atoms with Gasteiger partial charge >= 0.3 is 0 Å². The van der Waals surface area contributed by atoms with Crippen LogP contribution in [0.3, 0.4) is 0 Å². The highest BCUT2D eigenvalue weighted by Crippen LogP contribution is 2.19. The zero-order valence-electron chi connectivity index (χ0n) is 8.09. The number of rotatable bonds is 2. The minimum atomic E-state index is 0.504. The van der Waals surface area contributed by atoms with E-state index in [1.807, 2.05) is 19.1 Å². The summed E-state index contributed by atoms with van der Waals surface area (Å²) in [5, 5.41) is 7.45. The molecule has 2 nitrogen and oxygen atoms in total. The van der Waals surface area contributed by atoms with Crippen molar-refractivity contribution in [3.05, 3.63) is 35.4 Å². The summed E-state index contributed by atoms with van der Waals surface area (Å²) in [6.45, 7) is 4.10. The molecule has 0 saturated carbocycles. The van der Waals surface area contributed by atoms with Gasteiger partial charge in [0.25, 0.3) is 5.75 Å². The average molecular weight is 178 g/mol. The molecule has 0 heterocycles. The average Bonchev–Trinajstić information content (AvgIpc) is 2.15. The summed E-state index contributed by atoms with van der Waals surface area (Å²) in [6.07, 6.45) is 0.952. The fourth-order valence-corrected chi connectivity index (χ4v) is 1.12. The first-order valence-electron chi connectivity index (χ1n) is 4.42. The standard InChI is InChI=1S/C11H15NO/c1-3-8(2)11(12)9-5-4-6-10(13)7-9/h4-7,13H,3,12H2,1-2H3/p+1/b11-8+. The molecule has 0 aliphatic carbocycles. The second-order valence-corrected chi connectivity index (χ2v) is 3.13. The Kier molecular flexibility index (Phi) is 2.96. The molecule has 2 heteroatoms. The Balaban J connectivity index is 3.08. The van der Waals surface area contributed by atoms with Gasteiger partial charge in [0.15, 0.2) is 0 Å². The molecule has 0 saturated heterocycles. The largest absolute Gasteiger partial charge is 0.593 e. The highest BCUT2D eigenvalue weighted by atomic mass is 16.3. The van der Waals surface area contributed by atoms with Gasteiger partial charge in [0, 0.05) is 23.4 Å². The summed E-state index contributed by atoms with van der Waals surface area (Å²) in [5.74, 6) is 0.504. The number of hydrogen-bond donors (Lipinski definition) is 1. The molecule has 0 unspecified atom stereocenters. The van der Waals surface area contributed by atoms with Crippen LogP contribution >= 0.6 is 0 Å². The van der Waals surface area contributed by atoms with Crippen molar-refractivity contribution in [3.8, 4) is 5.75 Å². The second kappa shape index (κ2) is 3.99. The van der Waals surface area contributed by atoms with Gasteiger partial charge in [-0.1, -0.05) is 24.6 Å². The van der Waals surface area contributed by atoms with Crippen molar-refractivity contribution < 1.29 is 5.11 Å². The number of allylic oxidation sites excluding steroid dienone is 1. The lowest BCUT2D eigenvalue weighted by atomic mass is 10.1. The molecule has 0 aromatic heterocycles. The third kappa shape index (κ3) is 2.25. The first-order valence-corrected chi connectivity index (χ1v) is 4.42. The van der Waals surface area contributed by atoms with Crippen LogP contribution in [0.2, 0.25) is 0 Å². The topological polar surface area (TPSA) is 48.9 Å². The van der Waals surface area contributed by atoms with Crippen LogP contribution in [0.1, 0.15) is 25.8 Å². The van der Waals surface area contributed by atoms with E-state index < -0.39 is 0 Å². The number of hydrogen-bond acceptors (Lipinski definition) is 1. The summed E-state index contributed by atoms with van der Waals surface area (Å²) in [6, 6.07) is 7.33. The van der Waals surface area contributed by atoms with Crippen LogP contribution in [0.15, 0.2) is 29.8 Å². The highest BCUT2D eigenvalue weighted by molar-refractivity contribution is 5.66. The van der Waals surface area contributed by atoms with Gasteiger partial charge in [0.1, 0.15) is 0 Å². The first kappa shape index (κ1) is 9.65. The van der Waals surface area contributed by atoms with Crippen molar-refractivity contribution in [3.63, 3.8) is 0 Å². The van der Waals surface area contributed by atoms with Crippen LogP contribution in [0, 0.1) is 0 Å². The van der Waals surface area contributed by atoms with E-state index in [0.717, 1.165) is 17.7 Å². The van der Waals surface area contributed by atoms with E-state index >= 15 is 0 Å². The van der Waals surface area contributed by atoms with Crippen LogP contribution < -0.4 is 5.73 Å². The van der Waals surface area contributed by atoms with Gasteiger partial charge in [-0.3, -0.25) is 0 Å². The molecule has 1 rings (SSSR count). The van der Waals surface area contributed by atoms with Gasteiger partial charge in [0.2, 0.25) is 0 Å². The predicted octanol–water partition coefficient (Wildman–Crippen LogP) is 2.22.